The molecule has 1 aromatic carbocycles. The molecule has 160 valence electrons. The smallest absolute Gasteiger partial charge is 0.255 e. The summed E-state index contributed by atoms with van der Waals surface area (Å²) < 4.78 is 6.78. The molecule has 4 rings (SSSR count). The molecule has 1 saturated heterocycles. The fourth-order valence-electron chi connectivity index (χ4n) is 4.02. The van der Waals surface area contributed by atoms with Gasteiger partial charge in [0.15, 0.2) is 0 Å². The third-order valence-corrected chi connectivity index (χ3v) is 5.63. The molecule has 1 amide bonds. The number of aryl methyl sites for hydroxylation is 1. The van der Waals surface area contributed by atoms with E-state index in [2.05, 4.69) is 9.97 Å². The molecule has 8 nitrogen and oxygen atoms in total. The van der Waals surface area contributed by atoms with Crippen molar-refractivity contribution >= 4 is 11.9 Å². The Morgan fingerprint density at radius 3 is 2.84 bits per heavy atom. The lowest BCUT2D eigenvalue weighted by atomic mass is 9.93. The number of benzene rings is 1. The van der Waals surface area contributed by atoms with Gasteiger partial charge in [0.25, 0.3) is 5.91 Å². The first kappa shape index (κ1) is 20.6. The maximum atomic E-state index is 13.4. The van der Waals surface area contributed by atoms with Crippen LogP contribution in [-0.4, -0.2) is 39.0 Å². The SMILES string of the molecule is COc1cccc(-c2cnc(N)nc2C2CCCCN2C(=O)c2ccc(=O)n(C)c2)c1. The van der Waals surface area contributed by atoms with Crippen LogP contribution in [-0.2, 0) is 7.05 Å². The minimum absolute atomic E-state index is 0.130. The number of ether oxygens (including phenoxy) is 1. The second-order valence-electron chi connectivity index (χ2n) is 7.64. The van der Waals surface area contributed by atoms with E-state index in [1.54, 1.807) is 32.6 Å². The third kappa shape index (κ3) is 4.14. The molecule has 1 fully saturated rings. The highest BCUT2D eigenvalue weighted by atomic mass is 16.5. The summed E-state index contributed by atoms with van der Waals surface area (Å²) >= 11 is 0. The van der Waals surface area contributed by atoms with E-state index in [4.69, 9.17) is 10.5 Å². The number of carbonyl (C=O) groups excluding carboxylic acids is 1. The molecule has 31 heavy (non-hydrogen) atoms. The number of piperidine rings is 1. The van der Waals surface area contributed by atoms with E-state index in [-0.39, 0.29) is 23.5 Å². The molecule has 0 aliphatic carbocycles. The molecule has 1 aliphatic rings. The van der Waals surface area contributed by atoms with Crippen LogP contribution in [0.4, 0.5) is 5.95 Å². The minimum Gasteiger partial charge on any atom is -0.497 e. The molecule has 3 heterocycles. The number of anilines is 1. The molecule has 8 heteroatoms. The van der Waals surface area contributed by atoms with Crippen LogP contribution in [0.5, 0.6) is 5.75 Å². The lowest BCUT2D eigenvalue weighted by molar-refractivity contribution is 0.0606. The summed E-state index contributed by atoms with van der Waals surface area (Å²) in [6, 6.07) is 10.4. The molecule has 2 aromatic heterocycles. The van der Waals surface area contributed by atoms with E-state index in [9.17, 15) is 9.59 Å². The summed E-state index contributed by atoms with van der Waals surface area (Å²) in [6.45, 7) is 0.605. The molecule has 0 radical (unpaired) electrons. The molecule has 1 aliphatic heterocycles. The quantitative estimate of drug-likeness (QED) is 0.697. The van der Waals surface area contributed by atoms with Crippen LogP contribution in [0.2, 0.25) is 0 Å². The van der Waals surface area contributed by atoms with Crippen molar-refractivity contribution in [3.05, 3.63) is 70.4 Å². The van der Waals surface area contributed by atoms with Gasteiger partial charge in [-0.15, -0.1) is 0 Å². The Balaban J connectivity index is 1.77. The summed E-state index contributed by atoms with van der Waals surface area (Å²) in [5.74, 6) is 0.762. The van der Waals surface area contributed by atoms with Gasteiger partial charge in [-0.2, -0.15) is 0 Å². The van der Waals surface area contributed by atoms with Gasteiger partial charge in [-0.25, -0.2) is 9.97 Å². The lowest BCUT2D eigenvalue weighted by Crippen LogP contribution is -2.39. The number of methoxy groups -OCH3 is 1. The first-order chi connectivity index (χ1) is 15.0. The van der Waals surface area contributed by atoms with Crippen LogP contribution >= 0.6 is 0 Å². The van der Waals surface area contributed by atoms with Crippen molar-refractivity contribution in [2.24, 2.45) is 7.05 Å². The van der Waals surface area contributed by atoms with Gasteiger partial charge in [-0.05, 0) is 43.0 Å². The Morgan fingerprint density at radius 1 is 1.23 bits per heavy atom. The third-order valence-electron chi connectivity index (χ3n) is 5.63. The summed E-state index contributed by atoms with van der Waals surface area (Å²) in [4.78, 5) is 35.7. The van der Waals surface area contributed by atoms with Crippen LogP contribution in [0.1, 0.15) is 41.4 Å². The number of pyridine rings is 1. The van der Waals surface area contributed by atoms with Gasteiger partial charge in [0.05, 0.1) is 24.4 Å². The number of nitrogen functional groups attached to an aromatic ring is 1. The van der Waals surface area contributed by atoms with E-state index in [0.717, 1.165) is 41.8 Å². The highest BCUT2D eigenvalue weighted by Gasteiger charge is 2.32. The van der Waals surface area contributed by atoms with Gasteiger partial charge in [-0.3, -0.25) is 9.59 Å². The summed E-state index contributed by atoms with van der Waals surface area (Å²) in [7, 11) is 3.26. The van der Waals surface area contributed by atoms with Crippen molar-refractivity contribution in [3.63, 3.8) is 0 Å². The van der Waals surface area contributed by atoms with E-state index in [0.29, 0.717) is 12.1 Å². The molecule has 2 N–H and O–H groups in total. The number of likely N-dealkylation sites (tertiary alicyclic amines) is 1. The number of rotatable bonds is 4. The van der Waals surface area contributed by atoms with Crippen LogP contribution in [0, 0.1) is 0 Å². The summed E-state index contributed by atoms with van der Waals surface area (Å²) in [5, 5.41) is 0. The Labute approximate surface area is 180 Å². The highest BCUT2D eigenvalue weighted by Crippen LogP contribution is 2.37. The standard InChI is InChI=1S/C23H25N5O3/c1-27-14-16(9-10-20(27)29)22(30)28-11-4-3-8-19(28)21-18(13-25-23(24)26-21)15-6-5-7-17(12-15)31-2/h5-7,9-10,12-14,19H,3-4,8,11H2,1-2H3,(H2,24,25,26). The lowest BCUT2D eigenvalue weighted by Gasteiger charge is -2.36. The second kappa shape index (κ2) is 8.59. The van der Waals surface area contributed by atoms with Gasteiger partial charge >= 0.3 is 0 Å². The van der Waals surface area contributed by atoms with Gasteiger partial charge in [0.1, 0.15) is 5.75 Å². The predicted octanol–water partition coefficient (Wildman–Crippen LogP) is 2.80. The topological polar surface area (TPSA) is 103 Å². The largest absolute Gasteiger partial charge is 0.497 e. The van der Waals surface area contributed by atoms with Crippen molar-refractivity contribution in [2.45, 2.75) is 25.3 Å². The Bertz CT molecular complexity index is 1170. The minimum atomic E-state index is -0.245. The number of carbonyl (C=O) groups is 1. The van der Waals surface area contributed by atoms with Gasteiger partial charge in [-0.1, -0.05) is 12.1 Å². The number of hydrogen-bond donors (Lipinski definition) is 1. The number of amides is 1. The molecule has 0 spiro atoms. The number of nitrogens with two attached hydrogens (primary N) is 1. The zero-order valence-corrected chi connectivity index (χ0v) is 17.6. The Kier molecular flexibility index (Phi) is 5.70. The number of nitrogens with zero attached hydrogens (tertiary/aromatic N) is 4. The van der Waals surface area contributed by atoms with Crippen molar-refractivity contribution in [1.29, 1.82) is 0 Å². The van der Waals surface area contributed by atoms with Crippen molar-refractivity contribution in [3.8, 4) is 16.9 Å². The molecule has 1 atom stereocenters. The fourth-order valence-corrected chi connectivity index (χ4v) is 4.02. The van der Waals surface area contributed by atoms with Crippen LogP contribution in [0.15, 0.2) is 53.6 Å². The van der Waals surface area contributed by atoms with E-state index in [1.165, 1.54) is 10.6 Å². The Hall–Kier alpha value is -3.68. The van der Waals surface area contributed by atoms with E-state index in [1.807, 2.05) is 29.2 Å². The molecular weight excluding hydrogens is 394 g/mol. The second-order valence-corrected chi connectivity index (χ2v) is 7.64. The average Bonchev–Trinajstić information content (AvgIpc) is 2.80. The fraction of sp³-hybridized carbons (Fsp3) is 0.304. The first-order valence-electron chi connectivity index (χ1n) is 10.2. The number of hydrogen-bond acceptors (Lipinski definition) is 6. The van der Waals surface area contributed by atoms with Gasteiger partial charge in [0.2, 0.25) is 11.5 Å². The molecule has 1 unspecified atom stereocenters. The van der Waals surface area contributed by atoms with E-state index < -0.39 is 0 Å². The number of aromatic nitrogens is 3. The van der Waals surface area contributed by atoms with E-state index >= 15 is 0 Å². The molecule has 0 bridgehead atoms. The van der Waals surface area contributed by atoms with Gasteiger partial charge in [0, 0.05) is 37.6 Å². The Morgan fingerprint density at radius 2 is 2.06 bits per heavy atom. The average molecular weight is 419 g/mol. The summed E-state index contributed by atoms with van der Waals surface area (Å²) in [5.41, 5.74) is 8.70. The molecule has 3 aromatic rings. The van der Waals surface area contributed by atoms with Gasteiger partial charge < -0.3 is 19.9 Å². The predicted molar refractivity (Wildman–Crippen MR) is 118 cm³/mol. The normalized spacial score (nSPS) is 16.2. The highest BCUT2D eigenvalue weighted by molar-refractivity contribution is 5.94. The van der Waals surface area contributed by atoms with Crippen molar-refractivity contribution in [1.82, 2.24) is 19.4 Å². The zero-order chi connectivity index (χ0) is 22.0. The van der Waals surface area contributed by atoms with Crippen molar-refractivity contribution in [2.75, 3.05) is 19.4 Å². The van der Waals surface area contributed by atoms with Crippen LogP contribution in [0.3, 0.4) is 0 Å². The maximum Gasteiger partial charge on any atom is 0.255 e. The molecule has 0 saturated carbocycles. The monoisotopic (exact) mass is 419 g/mol. The van der Waals surface area contributed by atoms with Crippen molar-refractivity contribution < 1.29 is 9.53 Å². The van der Waals surface area contributed by atoms with Crippen LogP contribution in [0.25, 0.3) is 11.1 Å². The van der Waals surface area contributed by atoms with Crippen LogP contribution < -0.4 is 16.0 Å². The molecular formula is C23H25N5O3. The maximum absolute atomic E-state index is 13.4. The summed E-state index contributed by atoms with van der Waals surface area (Å²) in [6.07, 6.45) is 5.93. The first-order valence-corrected chi connectivity index (χ1v) is 10.2. The zero-order valence-electron chi connectivity index (χ0n) is 17.6.